The van der Waals surface area contributed by atoms with Crippen LogP contribution in [0.5, 0.6) is 0 Å². The zero-order valence-corrected chi connectivity index (χ0v) is 22.0. The summed E-state index contributed by atoms with van der Waals surface area (Å²) in [6, 6.07) is 5.87. The van der Waals surface area contributed by atoms with Gasteiger partial charge in [-0.15, -0.1) is 11.3 Å². The Labute approximate surface area is 210 Å². The second kappa shape index (κ2) is 9.88. The summed E-state index contributed by atoms with van der Waals surface area (Å²) in [6.45, 7) is 8.98. The van der Waals surface area contributed by atoms with Crippen LogP contribution in [0.25, 0.3) is 10.2 Å². The molecule has 0 amide bonds. The molecule has 0 bridgehead atoms. The molecule has 3 heterocycles. The molecule has 8 heteroatoms. The Morgan fingerprint density at radius 2 is 1.89 bits per heavy atom. The van der Waals surface area contributed by atoms with Gasteiger partial charge in [0.1, 0.15) is 11.9 Å². The molecule has 3 unspecified atom stereocenters. The summed E-state index contributed by atoms with van der Waals surface area (Å²) in [6.07, 6.45) is 0.000632. The molecule has 35 heavy (non-hydrogen) atoms. The van der Waals surface area contributed by atoms with Gasteiger partial charge in [-0.3, -0.25) is 9.59 Å². The number of aromatic nitrogens is 1. The van der Waals surface area contributed by atoms with E-state index in [-0.39, 0.29) is 29.8 Å². The van der Waals surface area contributed by atoms with Crippen LogP contribution in [-0.4, -0.2) is 50.9 Å². The lowest BCUT2D eigenvalue weighted by molar-refractivity contribution is -0.156. The molecule has 2 aliphatic rings. The highest BCUT2D eigenvalue weighted by molar-refractivity contribution is 7.16. The van der Waals surface area contributed by atoms with Crippen LogP contribution in [0.2, 0.25) is 0 Å². The Balaban J connectivity index is 1.60. The molecule has 2 saturated heterocycles. The molecule has 7 nitrogen and oxygen atoms in total. The number of ketones is 1. The topological polar surface area (TPSA) is 109 Å². The molecule has 7 atom stereocenters. The number of nitrogens with zero attached hydrogens (tertiary/aromatic N) is 1. The summed E-state index contributed by atoms with van der Waals surface area (Å²) in [5.41, 5.74) is 1.97. The smallest absolute Gasteiger partial charge is 0.309 e. The SMILES string of the molecule is CC1CCC[C@@]2(C)O[C@H]2C[C@@H](c2ccc3scnc3c2)OC(=O)CC(O)C(C)(C)C(=O)C(C)[C@H]1O. The third-order valence-electron chi connectivity index (χ3n) is 8.13. The number of carbonyl (C=O) groups excluding carboxylic acids is 2. The number of thiazole rings is 1. The number of aliphatic hydroxyl groups is 2. The zero-order valence-electron chi connectivity index (χ0n) is 21.2. The Morgan fingerprint density at radius 3 is 2.63 bits per heavy atom. The van der Waals surface area contributed by atoms with E-state index in [0.717, 1.165) is 35.0 Å². The van der Waals surface area contributed by atoms with Crippen LogP contribution in [0.4, 0.5) is 0 Å². The highest BCUT2D eigenvalue weighted by Gasteiger charge is 2.53. The van der Waals surface area contributed by atoms with Crippen molar-refractivity contribution in [1.29, 1.82) is 0 Å². The van der Waals surface area contributed by atoms with Crippen LogP contribution in [0.1, 0.15) is 78.4 Å². The maximum atomic E-state index is 13.2. The van der Waals surface area contributed by atoms with Gasteiger partial charge >= 0.3 is 5.97 Å². The molecular formula is C27H37NO6S. The van der Waals surface area contributed by atoms with E-state index in [0.29, 0.717) is 6.42 Å². The number of aliphatic hydroxyl groups excluding tert-OH is 2. The first kappa shape index (κ1) is 26.2. The van der Waals surface area contributed by atoms with E-state index < -0.39 is 35.6 Å². The second-order valence-corrected chi connectivity index (χ2v) is 12.1. The van der Waals surface area contributed by atoms with Crippen LogP contribution in [0.3, 0.4) is 0 Å². The van der Waals surface area contributed by atoms with Gasteiger partial charge in [0.25, 0.3) is 0 Å². The lowest BCUT2D eigenvalue weighted by atomic mass is 9.73. The number of rotatable bonds is 1. The van der Waals surface area contributed by atoms with Crippen LogP contribution >= 0.6 is 11.3 Å². The van der Waals surface area contributed by atoms with Crippen molar-refractivity contribution in [3.05, 3.63) is 29.3 Å². The summed E-state index contributed by atoms with van der Waals surface area (Å²) in [5, 5.41) is 21.7. The summed E-state index contributed by atoms with van der Waals surface area (Å²) in [4.78, 5) is 30.6. The van der Waals surface area contributed by atoms with Crippen LogP contribution in [0, 0.1) is 17.3 Å². The fraction of sp³-hybridized carbons (Fsp3) is 0.667. The first-order valence-corrected chi connectivity index (χ1v) is 13.4. The maximum absolute atomic E-state index is 13.2. The molecule has 0 radical (unpaired) electrons. The normalized spacial score (nSPS) is 37.0. The number of esters is 1. The van der Waals surface area contributed by atoms with Crippen molar-refractivity contribution in [3.63, 3.8) is 0 Å². The Hall–Kier alpha value is -1.87. The average Bonchev–Trinajstić information content (AvgIpc) is 3.21. The van der Waals surface area contributed by atoms with E-state index in [2.05, 4.69) is 11.9 Å². The molecule has 2 N–H and O–H groups in total. The lowest BCUT2D eigenvalue weighted by Gasteiger charge is -2.34. The Bertz CT molecular complexity index is 1080. The zero-order chi connectivity index (χ0) is 25.5. The van der Waals surface area contributed by atoms with Gasteiger partial charge in [-0.1, -0.05) is 40.2 Å². The standard InChI is InChI=1S/C27H37NO6S/c1-15-7-6-10-27(5)22(34-27)12-19(17-8-9-20-18(11-17)28-14-35-20)33-23(30)13-21(29)26(3,4)25(32)16(2)24(15)31/h8-9,11,14-16,19,21-22,24,29,31H,6-7,10,12-13H2,1-5H3/t15?,16?,19-,21?,22-,24-,27+/m0/s1. The highest BCUT2D eigenvalue weighted by atomic mass is 32.1. The highest BCUT2D eigenvalue weighted by Crippen LogP contribution is 2.46. The fourth-order valence-corrected chi connectivity index (χ4v) is 5.95. The summed E-state index contributed by atoms with van der Waals surface area (Å²) in [7, 11) is 0. The Morgan fingerprint density at radius 1 is 1.14 bits per heavy atom. The van der Waals surface area contributed by atoms with E-state index in [1.807, 2.05) is 25.1 Å². The number of cyclic esters (lactones) is 1. The van der Waals surface area contributed by atoms with Crippen LogP contribution in [-0.2, 0) is 19.1 Å². The molecule has 1 aromatic heterocycles. The van der Waals surface area contributed by atoms with Gasteiger partial charge in [0.05, 0.1) is 51.5 Å². The summed E-state index contributed by atoms with van der Waals surface area (Å²) in [5.74, 6) is -1.56. The molecular weight excluding hydrogens is 466 g/mol. The van der Waals surface area contributed by atoms with E-state index in [1.54, 1.807) is 37.6 Å². The number of hydrogen-bond donors (Lipinski definition) is 2. The minimum atomic E-state index is -1.23. The van der Waals surface area contributed by atoms with E-state index in [4.69, 9.17) is 9.47 Å². The second-order valence-electron chi connectivity index (χ2n) is 11.2. The van der Waals surface area contributed by atoms with Gasteiger partial charge in [-0.2, -0.15) is 0 Å². The Kier molecular flexibility index (Phi) is 7.40. The largest absolute Gasteiger partial charge is 0.457 e. The fourth-order valence-electron chi connectivity index (χ4n) is 5.29. The first-order valence-electron chi connectivity index (χ1n) is 12.5. The monoisotopic (exact) mass is 503 g/mol. The molecule has 0 aliphatic carbocycles. The molecule has 1 aromatic carbocycles. The lowest BCUT2D eigenvalue weighted by Crippen LogP contribution is -2.45. The minimum Gasteiger partial charge on any atom is -0.457 e. The van der Waals surface area contributed by atoms with Crippen molar-refractivity contribution < 1.29 is 29.3 Å². The number of hydrogen-bond acceptors (Lipinski definition) is 8. The molecule has 2 aromatic rings. The van der Waals surface area contributed by atoms with Gasteiger partial charge in [0, 0.05) is 12.3 Å². The van der Waals surface area contributed by atoms with E-state index in [9.17, 15) is 19.8 Å². The van der Waals surface area contributed by atoms with Crippen molar-refractivity contribution in [3.8, 4) is 0 Å². The van der Waals surface area contributed by atoms with Gasteiger partial charge in [-0.05, 0) is 43.4 Å². The number of Topliss-reactive ketones (excluding diaryl/α,β-unsaturated/α-hetero) is 1. The predicted octanol–water partition coefficient (Wildman–Crippen LogP) is 4.59. The van der Waals surface area contributed by atoms with Gasteiger partial charge in [0.2, 0.25) is 0 Å². The number of carbonyl (C=O) groups is 2. The summed E-state index contributed by atoms with van der Waals surface area (Å²) < 4.78 is 13.0. The molecule has 0 spiro atoms. The third-order valence-corrected chi connectivity index (χ3v) is 8.94. The van der Waals surface area contributed by atoms with Gasteiger partial charge < -0.3 is 19.7 Å². The van der Waals surface area contributed by atoms with Gasteiger partial charge in [0.15, 0.2) is 0 Å². The van der Waals surface area contributed by atoms with Crippen molar-refractivity contribution >= 4 is 33.3 Å². The molecule has 2 fully saturated rings. The predicted molar refractivity (Wildman–Crippen MR) is 134 cm³/mol. The number of fused-ring (bicyclic) bond motifs is 2. The van der Waals surface area contributed by atoms with E-state index >= 15 is 0 Å². The quantitative estimate of drug-likeness (QED) is 0.433. The van der Waals surface area contributed by atoms with Crippen molar-refractivity contribution in [2.75, 3.05) is 0 Å². The van der Waals surface area contributed by atoms with Crippen molar-refractivity contribution in [2.24, 2.45) is 17.3 Å². The maximum Gasteiger partial charge on any atom is 0.309 e. The average molecular weight is 504 g/mol. The van der Waals surface area contributed by atoms with Gasteiger partial charge in [-0.25, -0.2) is 4.98 Å². The minimum absolute atomic E-state index is 0.0542. The summed E-state index contributed by atoms with van der Waals surface area (Å²) >= 11 is 1.55. The number of epoxide rings is 1. The first-order chi connectivity index (χ1) is 16.4. The van der Waals surface area contributed by atoms with Crippen molar-refractivity contribution in [2.45, 2.75) is 96.7 Å². The number of ether oxygens (including phenoxy) is 2. The molecule has 192 valence electrons. The third kappa shape index (κ3) is 5.45. The number of benzene rings is 1. The van der Waals surface area contributed by atoms with Crippen molar-refractivity contribution in [1.82, 2.24) is 4.98 Å². The van der Waals surface area contributed by atoms with Crippen LogP contribution in [0.15, 0.2) is 23.7 Å². The van der Waals surface area contributed by atoms with E-state index in [1.165, 1.54) is 0 Å². The molecule has 0 saturated carbocycles. The molecule has 4 rings (SSSR count). The van der Waals surface area contributed by atoms with Crippen LogP contribution < -0.4 is 0 Å². The molecule has 2 aliphatic heterocycles.